The molecule has 2 aromatic rings. The second-order valence-electron chi connectivity index (χ2n) is 7.16. The molecule has 25 heavy (non-hydrogen) atoms. The van der Waals surface area contributed by atoms with Crippen molar-refractivity contribution in [2.75, 3.05) is 5.32 Å². The summed E-state index contributed by atoms with van der Waals surface area (Å²) < 4.78 is 5.91. The molecule has 0 bridgehead atoms. The lowest BCUT2D eigenvalue weighted by atomic mass is 9.92. The zero-order valence-electron chi connectivity index (χ0n) is 15.6. The summed E-state index contributed by atoms with van der Waals surface area (Å²) in [4.78, 5) is 12.6. The van der Waals surface area contributed by atoms with Crippen LogP contribution in [0.3, 0.4) is 0 Å². The molecule has 0 radical (unpaired) electrons. The monoisotopic (exact) mass is 337 g/mol. The summed E-state index contributed by atoms with van der Waals surface area (Å²) in [6.07, 6.45) is 4.22. The number of carbonyl (C=O) groups is 1. The van der Waals surface area contributed by atoms with E-state index in [4.69, 9.17) is 4.74 Å². The molecule has 2 aromatic carbocycles. The lowest BCUT2D eigenvalue weighted by Crippen LogP contribution is -2.30. The molecule has 1 N–H and O–H groups in total. The van der Waals surface area contributed by atoms with Crippen LogP contribution in [0, 0.1) is 20.8 Å². The number of benzene rings is 2. The minimum absolute atomic E-state index is 0.118. The van der Waals surface area contributed by atoms with Crippen molar-refractivity contribution in [2.24, 2.45) is 0 Å². The second kappa shape index (κ2) is 7.30. The third-order valence-corrected chi connectivity index (χ3v) is 4.93. The first-order valence-electron chi connectivity index (χ1n) is 9.11. The first kappa shape index (κ1) is 17.5. The highest BCUT2D eigenvalue weighted by Crippen LogP contribution is 2.26. The van der Waals surface area contributed by atoms with Gasteiger partial charge in [-0.05, 0) is 87.8 Å². The third-order valence-electron chi connectivity index (χ3n) is 4.93. The summed E-state index contributed by atoms with van der Waals surface area (Å²) in [7, 11) is 0. The van der Waals surface area contributed by atoms with Crippen LogP contribution < -0.4 is 10.1 Å². The van der Waals surface area contributed by atoms with E-state index in [9.17, 15) is 4.79 Å². The molecular weight excluding hydrogens is 310 g/mol. The zero-order chi connectivity index (χ0) is 18.0. The van der Waals surface area contributed by atoms with Gasteiger partial charge in [-0.15, -0.1) is 0 Å². The van der Waals surface area contributed by atoms with Crippen LogP contribution in [0.15, 0.2) is 30.3 Å². The molecule has 0 fully saturated rings. The van der Waals surface area contributed by atoms with Gasteiger partial charge in [0.25, 0.3) is 5.91 Å². The van der Waals surface area contributed by atoms with Crippen molar-refractivity contribution in [1.29, 1.82) is 0 Å². The maximum atomic E-state index is 12.6. The van der Waals surface area contributed by atoms with E-state index < -0.39 is 6.10 Å². The van der Waals surface area contributed by atoms with Crippen molar-refractivity contribution in [2.45, 2.75) is 59.5 Å². The van der Waals surface area contributed by atoms with Crippen LogP contribution in [0.25, 0.3) is 0 Å². The Morgan fingerprint density at radius 3 is 2.32 bits per heavy atom. The van der Waals surface area contributed by atoms with Gasteiger partial charge in [-0.3, -0.25) is 4.79 Å². The standard InChI is InChI=1S/C22H27NO2/c1-14-11-15(2)21(16(3)12-14)23-22(24)17(4)25-20-10-9-18-7-5-6-8-19(18)13-20/h9-13,17H,5-8H2,1-4H3,(H,23,24)/t17-/m1/s1. The molecule has 1 atom stereocenters. The molecule has 0 spiro atoms. The Labute approximate surface area is 150 Å². The molecule has 0 aromatic heterocycles. The van der Waals surface area contributed by atoms with Crippen LogP contribution in [-0.2, 0) is 17.6 Å². The van der Waals surface area contributed by atoms with E-state index >= 15 is 0 Å². The number of hydrogen-bond acceptors (Lipinski definition) is 2. The predicted octanol–water partition coefficient (Wildman–Crippen LogP) is 4.90. The van der Waals surface area contributed by atoms with Gasteiger partial charge in [0.05, 0.1) is 0 Å². The Kier molecular flexibility index (Phi) is 5.12. The molecule has 0 heterocycles. The first-order chi connectivity index (χ1) is 11.9. The summed E-state index contributed by atoms with van der Waals surface area (Å²) in [6.45, 7) is 7.90. The number of fused-ring (bicyclic) bond motifs is 1. The Balaban J connectivity index is 1.69. The highest BCUT2D eigenvalue weighted by atomic mass is 16.5. The SMILES string of the molecule is Cc1cc(C)c(NC(=O)[C@@H](C)Oc2ccc3c(c2)CCCC3)c(C)c1. The molecule has 0 unspecified atom stereocenters. The molecule has 3 rings (SSSR count). The van der Waals surface area contributed by atoms with Crippen LogP contribution >= 0.6 is 0 Å². The van der Waals surface area contributed by atoms with Crippen LogP contribution in [0.1, 0.15) is 47.6 Å². The van der Waals surface area contributed by atoms with Gasteiger partial charge in [-0.25, -0.2) is 0 Å². The molecule has 1 aliphatic rings. The van der Waals surface area contributed by atoms with E-state index in [1.165, 1.54) is 29.5 Å². The zero-order valence-corrected chi connectivity index (χ0v) is 15.6. The van der Waals surface area contributed by atoms with E-state index in [2.05, 4.69) is 36.5 Å². The normalized spacial score (nSPS) is 14.6. The van der Waals surface area contributed by atoms with Crippen LogP contribution in [0.2, 0.25) is 0 Å². The topological polar surface area (TPSA) is 38.3 Å². The third kappa shape index (κ3) is 4.04. The largest absolute Gasteiger partial charge is 0.481 e. The van der Waals surface area contributed by atoms with Crippen molar-refractivity contribution in [3.8, 4) is 5.75 Å². The van der Waals surface area contributed by atoms with Gasteiger partial charge in [0, 0.05) is 5.69 Å². The van der Waals surface area contributed by atoms with E-state index in [0.29, 0.717) is 0 Å². The second-order valence-corrected chi connectivity index (χ2v) is 7.16. The first-order valence-corrected chi connectivity index (χ1v) is 9.11. The van der Waals surface area contributed by atoms with Gasteiger partial charge in [0.15, 0.2) is 6.10 Å². The molecule has 0 aliphatic heterocycles. The number of rotatable bonds is 4. The van der Waals surface area contributed by atoms with E-state index in [0.717, 1.165) is 35.4 Å². The molecule has 0 saturated heterocycles. The summed E-state index contributed by atoms with van der Waals surface area (Å²) in [6, 6.07) is 10.4. The minimum Gasteiger partial charge on any atom is -0.481 e. The highest BCUT2D eigenvalue weighted by molar-refractivity contribution is 5.95. The fraction of sp³-hybridized carbons (Fsp3) is 0.409. The predicted molar refractivity (Wildman–Crippen MR) is 102 cm³/mol. The number of carbonyl (C=O) groups excluding carboxylic acids is 1. The Morgan fingerprint density at radius 1 is 1.00 bits per heavy atom. The molecule has 1 amide bonds. The fourth-order valence-electron chi connectivity index (χ4n) is 3.64. The van der Waals surface area contributed by atoms with Gasteiger partial charge in [-0.1, -0.05) is 23.8 Å². The average molecular weight is 337 g/mol. The number of amides is 1. The molecular formula is C22H27NO2. The summed E-state index contributed by atoms with van der Waals surface area (Å²) in [5.74, 6) is 0.661. The summed E-state index contributed by atoms with van der Waals surface area (Å²) in [5, 5.41) is 3.02. The number of aryl methyl sites for hydroxylation is 5. The van der Waals surface area contributed by atoms with E-state index in [1.807, 2.05) is 19.9 Å². The van der Waals surface area contributed by atoms with Crippen LogP contribution in [0.4, 0.5) is 5.69 Å². The Hall–Kier alpha value is -2.29. The Morgan fingerprint density at radius 2 is 1.64 bits per heavy atom. The number of nitrogens with one attached hydrogen (secondary N) is 1. The fourth-order valence-corrected chi connectivity index (χ4v) is 3.64. The van der Waals surface area contributed by atoms with Crippen molar-refractivity contribution in [3.05, 3.63) is 58.1 Å². The van der Waals surface area contributed by atoms with Crippen molar-refractivity contribution < 1.29 is 9.53 Å². The van der Waals surface area contributed by atoms with E-state index in [1.54, 1.807) is 6.92 Å². The average Bonchev–Trinajstić information content (AvgIpc) is 2.57. The minimum atomic E-state index is -0.540. The van der Waals surface area contributed by atoms with E-state index in [-0.39, 0.29) is 5.91 Å². The van der Waals surface area contributed by atoms with Crippen molar-refractivity contribution >= 4 is 11.6 Å². The molecule has 132 valence electrons. The van der Waals surface area contributed by atoms with Crippen molar-refractivity contribution in [1.82, 2.24) is 0 Å². The molecule has 3 nitrogen and oxygen atoms in total. The smallest absolute Gasteiger partial charge is 0.265 e. The molecule has 1 aliphatic carbocycles. The quantitative estimate of drug-likeness (QED) is 0.862. The number of ether oxygens (including phenoxy) is 1. The maximum absolute atomic E-state index is 12.6. The number of hydrogen-bond donors (Lipinski definition) is 1. The number of anilines is 1. The van der Waals surface area contributed by atoms with Gasteiger partial charge in [0.2, 0.25) is 0 Å². The van der Waals surface area contributed by atoms with Crippen LogP contribution in [0.5, 0.6) is 5.75 Å². The lowest BCUT2D eigenvalue weighted by molar-refractivity contribution is -0.122. The van der Waals surface area contributed by atoms with Gasteiger partial charge < -0.3 is 10.1 Å². The Bertz CT molecular complexity index is 772. The maximum Gasteiger partial charge on any atom is 0.265 e. The van der Waals surface area contributed by atoms with Gasteiger partial charge in [-0.2, -0.15) is 0 Å². The highest BCUT2D eigenvalue weighted by Gasteiger charge is 2.18. The summed E-state index contributed by atoms with van der Waals surface area (Å²) >= 11 is 0. The molecule has 3 heteroatoms. The van der Waals surface area contributed by atoms with Gasteiger partial charge >= 0.3 is 0 Å². The summed E-state index contributed by atoms with van der Waals surface area (Å²) in [5.41, 5.74) is 7.02. The van der Waals surface area contributed by atoms with Gasteiger partial charge in [0.1, 0.15) is 5.75 Å². The molecule has 0 saturated carbocycles. The lowest BCUT2D eigenvalue weighted by Gasteiger charge is -2.20. The van der Waals surface area contributed by atoms with Crippen LogP contribution in [-0.4, -0.2) is 12.0 Å². The van der Waals surface area contributed by atoms with Crippen molar-refractivity contribution in [3.63, 3.8) is 0 Å².